The van der Waals surface area contributed by atoms with Gasteiger partial charge in [0.05, 0.1) is 25.4 Å². The summed E-state index contributed by atoms with van der Waals surface area (Å²) in [5.74, 6) is -0.231. The molecule has 6 N–H and O–H groups in total. The molecule has 70 heavy (non-hydrogen) atoms. The lowest BCUT2D eigenvalue weighted by molar-refractivity contribution is -0.302. The first-order chi connectivity index (χ1) is 34.3. The van der Waals surface area contributed by atoms with Crippen molar-refractivity contribution in [1.82, 2.24) is 5.32 Å². The van der Waals surface area contributed by atoms with Crippen molar-refractivity contribution in [1.29, 1.82) is 0 Å². The fraction of sp³-hybridized carbons (Fsp3) is 0.721. The summed E-state index contributed by atoms with van der Waals surface area (Å²) in [6.45, 7) is 3.63. The molecule has 0 aromatic carbocycles. The number of hydrogen-bond donors (Lipinski definition) is 6. The third kappa shape index (κ3) is 38.7. The third-order valence-electron chi connectivity index (χ3n) is 12.9. The number of hydrogen-bond acceptors (Lipinski definition) is 8. The first kappa shape index (κ1) is 65.1. The van der Waals surface area contributed by atoms with Crippen LogP contribution in [0.25, 0.3) is 0 Å². The highest BCUT2D eigenvalue weighted by atomic mass is 16.7. The number of aliphatic hydroxyl groups excluding tert-OH is 5. The van der Waals surface area contributed by atoms with Gasteiger partial charge >= 0.3 is 0 Å². The van der Waals surface area contributed by atoms with E-state index < -0.39 is 49.5 Å². The van der Waals surface area contributed by atoms with Gasteiger partial charge in [-0.25, -0.2) is 0 Å². The Hall–Kier alpha value is -2.89. The molecule has 0 aromatic rings. The summed E-state index contributed by atoms with van der Waals surface area (Å²) in [6, 6.07) is -0.853. The molecule has 0 aromatic heterocycles. The molecule has 1 fully saturated rings. The first-order valence-corrected chi connectivity index (χ1v) is 28.5. The number of ether oxygens (including phenoxy) is 2. The van der Waals surface area contributed by atoms with E-state index in [-0.39, 0.29) is 18.9 Å². The van der Waals surface area contributed by atoms with Crippen LogP contribution in [0.1, 0.15) is 226 Å². The number of amides is 1. The standard InChI is InChI=1S/C61H105NO8/c1-3-5-7-9-11-13-15-17-19-21-23-25-26-27-28-29-31-32-34-36-38-40-42-44-46-48-50-55(64)54(53-69-61-60(68)59(67)58(66)56(52-63)70-61)62-57(65)51-49-47-45-43-41-39-37-35-33-30-24-22-20-18-16-14-12-10-8-6-4-2/h6,8,12,14,18,20,24,30,35,37,40-43,48,50,54-56,58-61,63-64,66-68H,3-5,7,9-11,13,15-17,19,21-23,25-29,31-34,36,38-39,44-47,49,51-53H2,1-2H3,(H,62,65)/b8-6-,14-12-,20-18-,30-24-,37-35-,42-40+,43-41-,50-48+. The molecule has 9 heteroatoms. The number of carbonyl (C=O) groups is 1. The molecule has 1 saturated heterocycles. The van der Waals surface area contributed by atoms with E-state index in [1.165, 1.54) is 128 Å². The second kappa shape index (κ2) is 49.7. The predicted molar refractivity (Wildman–Crippen MR) is 294 cm³/mol. The average molecular weight is 981 g/mol. The molecule has 0 bridgehead atoms. The summed E-state index contributed by atoms with van der Waals surface area (Å²) >= 11 is 0. The number of unbranched alkanes of at least 4 members (excludes halogenated alkanes) is 23. The zero-order valence-corrected chi connectivity index (χ0v) is 44.5. The number of aliphatic hydroxyl groups is 5. The van der Waals surface area contributed by atoms with Crippen LogP contribution in [0.4, 0.5) is 0 Å². The molecular weight excluding hydrogens is 875 g/mol. The van der Waals surface area contributed by atoms with Gasteiger partial charge < -0.3 is 40.3 Å². The van der Waals surface area contributed by atoms with Crippen molar-refractivity contribution >= 4 is 5.91 Å². The second-order valence-corrected chi connectivity index (χ2v) is 19.3. The topological polar surface area (TPSA) is 149 Å². The Balaban J connectivity index is 2.31. The summed E-state index contributed by atoms with van der Waals surface area (Å²) in [7, 11) is 0. The van der Waals surface area contributed by atoms with Crippen LogP contribution >= 0.6 is 0 Å². The minimum atomic E-state index is -1.59. The van der Waals surface area contributed by atoms with Crippen LogP contribution in [0.3, 0.4) is 0 Å². The summed E-state index contributed by atoms with van der Waals surface area (Å²) in [6.07, 6.45) is 64.8. The number of carbonyl (C=O) groups excluding carboxylic acids is 1. The van der Waals surface area contributed by atoms with Gasteiger partial charge in [0.1, 0.15) is 24.4 Å². The molecule has 9 nitrogen and oxygen atoms in total. The van der Waals surface area contributed by atoms with E-state index in [1.54, 1.807) is 6.08 Å². The van der Waals surface area contributed by atoms with Crippen molar-refractivity contribution in [3.63, 3.8) is 0 Å². The van der Waals surface area contributed by atoms with Crippen molar-refractivity contribution in [2.45, 2.75) is 269 Å². The average Bonchev–Trinajstić information content (AvgIpc) is 3.36. The maximum absolute atomic E-state index is 13.0. The van der Waals surface area contributed by atoms with Gasteiger partial charge in [0, 0.05) is 6.42 Å². The van der Waals surface area contributed by atoms with Crippen LogP contribution in [-0.4, -0.2) is 87.5 Å². The monoisotopic (exact) mass is 980 g/mol. The van der Waals surface area contributed by atoms with Gasteiger partial charge in [-0.2, -0.15) is 0 Å². The Kier molecular flexibility index (Phi) is 46.2. The van der Waals surface area contributed by atoms with E-state index in [0.29, 0.717) is 6.42 Å². The molecule has 1 amide bonds. The van der Waals surface area contributed by atoms with Gasteiger partial charge in [0.15, 0.2) is 6.29 Å². The van der Waals surface area contributed by atoms with Crippen LogP contribution in [0.5, 0.6) is 0 Å². The largest absolute Gasteiger partial charge is 0.394 e. The normalized spacial score (nSPS) is 20.1. The fourth-order valence-electron chi connectivity index (χ4n) is 8.41. The molecule has 1 heterocycles. The molecule has 7 atom stereocenters. The number of allylic oxidation sites excluding steroid dienone is 15. The highest BCUT2D eigenvalue weighted by Crippen LogP contribution is 2.23. The zero-order chi connectivity index (χ0) is 50.8. The molecule has 0 radical (unpaired) electrons. The van der Waals surface area contributed by atoms with Crippen molar-refractivity contribution in [2.24, 2.45) is 0 Å². The Labute approximate surface area is 428 Å². The molecule has 1 aliphatic rings. The van der Waals surface area contributed by atoms with Gasteiger partial charge in [-0.15, -0.1) is 0 Å². The Morgan fingerprint density at radius 1 is 0.500 bits per heavy atom. The zero-order valence-electron chi connectivity index (χ0n) is 44.5. The van der Waals surface area contributed by atoms with Gasteiger partial charge in [-0.1, -0.05) is 233 Å². The predicted octanol–water partition coefficient (Wildman–Crippen LogP) is 14.0. The van der Waals surface area contributed by atoms with E-state index in [2.05, 4.69) is 104 Å². The van der Waals surface area contributed by atoms with Crippen LogP contribution in [0, 0.1) is 0 Å². The molecule has 402 valence electrons. The molecular formula is C61H105NO8. The van der Waals surface area contributed by atoms with Crippen LogP contribution in [0.15, 0.2) is 97.2 Å². The van der Waals surface area contributed by atoms with E-state index >= 15 is 0 Å². The molecule has 1 aliphatic heterocycles. The molecule has 1 rings (SSSR count). The quantitative estimate of drug-likeness (QED) is 0.0261. The summed E-state index contributed by atoms with van der Waals surface area (Å²) in [5.41, 5.74) is 0. The smallest absolute Gasteiger partial charge is 0.220 e. The lowest BCUT2D eigenvalue weighted by Gasteiger charge is -2.40. The lowest BCUT2D eigenvalue weighted by Crippen LogP contribution is -2.60. The SMILES string of the molecule is CC/C=C\C/C=C\C/C=C\C/C=C\C/C=C\C/C=C\CCCCC(=O)NC(COC1OC(CO)C(O)C(O)C1O)C(O)/C=C/CC/C=C/CCCCCCCCCCCCCCCCCCCCCC. The Morgan fingerprint density at radius 3 is 1.37 bits per heavy atom. The van der Waals surface area contributed by atoms with E-state index in [4.69, 9.17) is 9.47 Å². The number of nitrogens with one attached hydrogen (secondary N) is 1. The lowest BCUT2D eigenvalue weighted by atomic mass is 9.99. The Bertz CT molecular complexity index is 1420. The van der Waals surface area contributed by atoms with E-state index in [0.717, 1.165) is 70.6 Å². The van der Waals surface area contributed by atoms with Crippen molar-refractivity contribution in [3.05, 3.63) is 97.2 Å². The van der Waals surface area contributed by atoms with E-state index in [9.17, 15) is 30.3 Å². The highest BCUT2D eigenvalue weighted by Gasteiger charge is 2.44. The molecule has 0 spiro atoms. The second-order valence-electron chi connectivity index (χ2n) is 19.3. The third-order valence-corrected chi connectivity index (χ3v) is 12.9. The maximum atomic E-state index is 13.0. The minimum absolute atomic E-state index is 0.224. The van der Waals surface area contributed by atoms with Gasteiger partial charge in [0.25, 0.3) is 0 Å². The first-order valence-electron chi connectivity index (χ1n) is 28.5. The van der Waals surface area contributed by atoms with Gasteiger partial charge in [-0.3, -0.25) is 4.79 Å². The number of rotatable bonds is 47. The summed E-state index contributed by atoms with van der Waals surface area (Å²) < 4.78 is 11.2. The molecule has 0 aliphatic carbocycles. The van der Waals surface area contributed by atoms with Crippen molar-refractivity contribution < 1.29 is 39.8 Å². The van der Waals surface area contributed by atoms with E-state index in [1.807, 2.05) is 6.08 Å². The van der Waals surface area contributed by atoms with Crippen molar-refractivity contribution in [3.8, 4) is 0 Å². The van der Waals surface area contributed by atoms with Crippen molar-refractivity contribution in [2.75, 3.05) is 13.2 Å². The molecule has 7 unspecified atom stereocenters. The van der Waals surface area contributed by atoms with Gasteiger partial charge in [0.2, 0.25) is 5.91 Å². The maximum Gasteiger partial charge on any atom is 0.220 e. The minimum Gasteiger partial charge on any atom is -0.394 e. The van der Waals surface area contributed by atoms with Crippen LogP contribution in [0.2, 0.25) is 0 Å². The van der Waals surface area contributed by atoms with Gasteiger partial charge in [-0.05, 0) is 83.5 Å². The Morgan fingerprint density at radius 2 is 0.900 bits per heavy atom. The molecule has 0 saturated carbocycles. The van der Waals surface area contributed by atoms with Crippen LogP contribution < -0.4 is 5.32 Å². The fourth-order valence-corrected chi connectivity index (χ4v) is 8.41. The summed E-state index contributed by atoms with van der Waals surface area (Å²) in [5, 5.41) is 54.4. The highest BCUT2D eigenvalue weighted by molar-refractivity contribution is 5.76. The summed E-state index contributed by atoms with van der Waals surface area (Å²) in [4.78, 5) is 13.0. The van der Waals surface area contributed by atoms with Crippen LogP contribution in [-0.2, 0) is 14.3 Å².